The Balaban J connectivity index is 1.41. The topological polar surface area (TPSA) is 81.3 Å². The minimum absolute atomic E-state index is 0.00221. The fourth-order valence-electron chi connectivity index (χ4n) is 4.26. The third kappa shape index (κ3) is 4.89. The van der Waals surface area contributed by atoms with Gasteiger partial charge in [0.2, 0.25) is 11.7 Å². The van der Waals surface area contributed by atoms with Gasteiger partial charge in [-0.3, -0.25) is 18.6 Å². The molecule has 3 aromatic heterocycles. The summed E-state index contributed by atoms with van der Waals surface area (Å²) >= 11 is 1.45. The van der Waals surface area contributed by atoms with Gasteiger partial charge in [-0.15, -0.1) is 21.5 Å². The standard InChI is InChI=1S/C23H31N5O2S/c1-16(2)15-27-22(30)21-18(12-14-31-21)28-19(25-26-23(27)28)9-6-10-20(29)24-13-11-17-7-4-3-5-8-17/h7,12,14,16H,3-6,8-11,13,15H2,1-2H3,(H,24,29). The van der Waals surface area contributed by atoms with Crippen LogP contribution >= 0.6 is 11.3 Å². The average Bonchev–Trinajstić information content (AvgIpc) is 3.39. The van der Waals surface area contributed by atoms with Gasteiger partial charge in [0.1, 0.15) is 10.5 Å². The summed E-state index contributed by atoms with van der Waals surface area (Å²) in [6, 6.07) is 1.95. The highest BCUT2D eigenvalue weighted by Crippen LogP contribution is 2.21. The zero-order valence-corrected chi connectivity index (χ0v) is 19.2. The van der Waals surface area contributed by atoms with Crippen molar-refractivity contribution in [2.24, 2.45) is 5.92 Å². The molecule has 1 aliphatic rings. The number of allylic oxidation sites excluding steroid dienone is 1. The van der Waals surface area contributed by atoms with Crippen molar-refractivity contribution in [2.75, 3.05) is 6.54 Å². The molecule has 0 aliphatic heterocycles. The molecule has 0 spiro atoms. The zero-order valence-electron chi connectivity index (χ0n) is 18.4. The lowest BCUT2D eigenvalue weighted by Crippen LogP contribution is -2.25. The summed E-state index contributed by atoms with van der Waals surface area (Å²) in [5.74, 6) is 1.80. The molecule has 1 amide bonds. The van der Waals surface area contributed by atoms with E-state index in [0.29, 0.717) is 37.5 Å². The molecule has 7 nitrogen and oxygen atoms in total. The van der Waals surface area contributed by atoms with E-state index < -0.39 is 0 Å². The van der Waals surface area contributed by atoms with Crippen LogP contribution in [0.15, 0.2) is 27.9 Å². The van der Waals surface area contributed by atoms with Gasteiger partial charge in [0.25, 0.3) is 5.56 Å². The van der Waals surface area contributed by atoms with E-state index >= 15 is 0 Å². The lowest BCUT2D eigenvalue weighted by molar-refractivity contribution is -0.121. The lowest BCUT2D eigenvalue weighted by Gasteiger charge is -2.13. The van der Waals surface area contributed by atoms with Gasteiger partial charge in [-0.2, -0.15) is 0 Å². The van der Waals surface area contributed by atoms with Gasteiger partial charge in [0.15, 0.2) is 0 Å². The number of nitrogens with zero attached hydrogens (tertiary/aromatic N) is 4. The zero-order chi connectivity index (χ0) is 21.8. The van der Waals surface area contributed by atoms with Crippen LogP contribution in [0.5, 0.6) is 0 Å². The number of aryl methyl sites for hydroxylation is 1. The molecule has 1 N–H and O–H groups in total. The maximum Gasteiger partial charge on any atom is 0.272 e. The van der Waals surface area contributed by atoms with Crippen LogP contribution in [0.4, 0.5) is 0 Å². The van der Waals surface area contributed by atoms with Crippen molar-refractivity contribution in [3.8, 4) is 0 Å². The van der Waals surface area contributed by atoms with Gasteiger partial charge >= 0.3 is 0 Å². The molecule has 0 unspecified atom stereocenters. The van der Waals surface area contributed by atoms with Crippen molar-refractivity contribution >= 4 is 33.2 Å². The Hall–Kier alpha value is -2.48. The normalized spacial score (nSPS) is 14.5. The van der Waals surface area contributed by atoms with E-state index in [1.54, 1.807) is 4.57 Å². The third-order valence-corrected chi connectivity index (χ3v) is 6.68. The quantitative estimate of drug-likeness (QED) is 0.507. The SMILES string of the molecule is CC(C)Cn1c(=O)c2sccc2n2c(CCCC(=O)NCCC3=CCCCC3)nnc12. The van der Waals surface area contributed by atoms with Crippen molar-refractivity contribution in [2.45, 2.75) is 71.8 Å². The van der Waals surface area contributed by atoms with Gasteiger partial charge < -0.3 is 5.32 Å². The van der Waals surface area contributed by atoms with E-state index in [0.717, 1.165) is 29.0 Å². The second-order valence-electron chi connectivity index (χ2n) is 8.76. The summed E-state index contributed by atoms with van der Waals surface area (Å²) in [5, 5.41) is 13.7. The Bertz CT molecular complexity index is 1150. The first-order chi connectivity index (χ1) is 15.0. The number of aromatic nitrogens is 4. The summed E-state index contributed by atoms with van der Waals surface area (Å²) < 4.78 is 4.44. The Morgan fingerprint density at radius 2 is 2.13 bits per heavy atom. The largest absolute Gasteiger partial charge is 0.356 e. The molecule has 0 saturated heterocycles. The number of carbonyl (C=O) groups excluding carboxylic acids is 1. The van der Waals surface area contributed by atoms with Crippen LogP contribution < -0.4 is 10.9 Å². The van der Waals surface area contributed by atoms with Crippen LogP contribution in [0, 0.1) is 5.92 Å². The highest BCUT2D eigenvalue weighted by atomic mass is 32.1. The van der Waals surface area contributed by atoms with E-state index in [2.05, 4.69) is 35.4 Å². The number of amides is 1. The summed E-state index contributed by atoms with van der Waals surface area (Å²) in [4.78, 5) is 25.2. The fourth-order valence-corrected chi connectivity index (χ4v) is 5.09. The maximum absolute atomic E-state index is 12.9. The van der Waals surface area contributed by atoms with E-state index in [4.69, 9.17) is 0 Å². The predicted octanol–water partition coefficient (Wildman–Crippen LogP) is 4.09. The minimum Gasteiger partial charge on any atom is -0.356 e. The molecule has 31 heavy (non-hydrogen) atoms. The molecule has 0 bridgehead atoms. The number of rotatable bonds is 9. The molecule has 0 atom stereocenters. The van der Waals surface area contributed by atoms with Gasteiger partial charge in [0.05, 0.1) is 5.52 Å². The van der Waals surface area contributed by atoms with E-state index in [-0.39, 0.29) is 11.5 Å². The van der Waals surface area contributed by atoms with E-state index in [1.165, 1.54) is 42.6 Å². The lowest BCUT2D eigenvalue weighted by atomic mass is 9.97. The van der Waals surface area contributed by atoms with Crippen molar-refractivity contribution < 1.29 is 4.79 Å². The number of hydrogen-bond acceptors (Lipinski definition) is 5. The van der Waals surface area contributed by atoms with Crippen LogP contribution in [-0.2, 0) is 17.8 Å². The molecule has 1 aliphatic carbocycles. The van der Waals surface area contributed by atoms with Gasteiger partial charge in [-0.1, -0.05) is 25.5 Å². The molecule has 166 valence electrons. The highest BCUT2D eigenvalue weighted by Gasteiger charge is 2.18. The molecule has 0 saturated carbocycles. The molecule has 4 rings (SSSR count). The number of carbonyl (C=O) groups is 1. The monoisotopic (exact) mass is 441 g/mol. The third-order valence-electron chi connectivity index (χ3n) is 5.78. The summed E-state index contributed by atoms with van der Waals surface area (Å²) in [6.07, 6.45) is 10.0. The first-order valence-corrected chi connectivity index (χ1v) is 12.2. The first kappa shape index (κ1) is 21.7. The molecule has 3 aromatic rings. The van der Waals surface area contributed by atoms with Crippen LogP contribution in [-0.4, -0.2) is 31.6 Å². The maximum atomic E-state index is 12.9. The molecular formula is C23H31N5O2S. The van der Waals surface area contributed by atoms with Gasteiger partial charge in [-0.25, -0.2) is 0 Å². The molecule has 0 aromatic carbocycles. The number of fused-ring (bicyclic) bond motifs is 3. The van der Waals surface area contributed by atoms with Crippen molar-refractivity contribution in [1.29, 1.82) is 0 Å². The van der Waals surface area contributed by atoms with Crippen molar-refractivity contribution in [1.82, 2.24) is 24.5 Å². The van der Waals surface area contributed by atoms with Crippen LogP contribution in [0.3, 0.4) is 0 Å². The highest BCUT2D eigenvalue weighted by molar-refractivity contribution is 7.17. The second-order valence-corrected chi connectivity index (χ2v) is 9.67. The number of thiophene rings is 1. The van der Waals surface area contributed by atoms with Gasteiger partial charge in [-0.05, 0) is 55.9 Å². The first-order valence-electron chi connectivity index (χ1n) is 11.3. The average molecular weight is 442 g/mol. The van der Waals surface area contributed by atoms with Crippen LogP contribution in [0.25, 0.3) is 16.0 Å². The van der Waals surface area contributed by atoms with Gasteiger partial charge in [0, 0.05) is 25.9 Å². The Morgan fingerprint density at radius 3 is 2.90 bits per heavy atom. The molecule has 8 heteroatoms. The Kier molecular flexibility index (Phi) is 6.85. The van der Waals surface area contributed by atoms with Crippen LogP contribution in [0.1, 0.15) is 64.6 Å². The molecule has 0 fully saturated rings. The van der Waals surface area contributed by atoms with E-state index in [1.807, 2.05) is 15.8 Å². The van der Waals surface area contributed by atoms with Crippen molar-refractivity contribution in [3.63, 3.8) is 0 Å². The molecule has 3 heterocycles. The number of hydrogen-bond donors (Lipinski definition) is 1. The Morgan fingerprint density at radius 1 is 1.26 bits per heavy atom. The van der Waals surface area contributed by atoms with Crippen LogP contribution in [0.2, 0.25) is 0 Å². The summed E-state index contributed by atoms with van der Waals surface area (Å²) in [6.45, 7) is 5.49. The smallest absolute Gasteiger partial charge is 0.272 e. The molecule has 0 radical (unpaired) electrons. The number of nitrogens with one attached hydrogen (secondary N) is 1. The minimum atomic E-state index is -0.00221. The Labute approximate surface area is 186 Å². The summed E-state index contributed by atoms with van der Waals surface area (Å²) in [7, 11) is 0. The molecular weight excluding hydrogens is 410 g/mol. The fraction of sp³-hybridized carbons (Fsp3) is 0.565. The predicted molar refractivity (Wildman–Crippen MR) is 125 cm³/mol. The second kappa shape index (κ2) is 9.77. The van der Waals surface area contributed by atoms with E-state index in [9.17, 15) is 9.59 Å². The van der Waals surface area contributed by atoms with Crippen molar-refractivity contribution in [3.05, 3.63) is 39.3 Å². The summed E-state index contributed by atoms with van der Waals surface area (Å²) in [5.41, 5.74) is 2.33.